The van der Waals surface area contributed by atoms with Gasteiger partial charge in [-0.25, -0.2) is 4.68 Å². The lowest BCUT2D eigenvalue weighted by Gasteiger charge is -2.08. The number of rotatable bonds is 5. The SMILES string of the molecule is COc1cn(-c2cccc(C(F)(F)F)c2)nc1C(=O)Nc1ccc(-c2csnn2)cc1. The van der Waals surface area contributed by atoms with Crippen molar-refractivity contribution in [1.82, 2.24) is 19.4 Å². The van der Waals surface area contributed by atoms with E-state index in [9.17, 15) is 18.0 Å². The summed E-state index contributed by atoms with van der Waals surface area (Å²) in [7, 11) is 1.35. The Morgan fingerprint density at radius 2 is 1.94 bits per heavy atom. The highest BCUT2D eigenvalue weighted by Crippen LogP contribution is 2.31. The fourth-order valence-electron chi connectivity index (χ4n) is 2.83. The van der Waals surface area contributed by atoms with Crippen LogP contribution in [0.25, 0.3) is 16.9 Å². The molecule has 4 rings (SSSR count). The lowest BCUT2D eigenvalue weighted by atomic mass is 10.1. The van der Waals surface area contributed by atoms with Crippen LogP contribution in [0.4, 0.5) is 18.9 Å². The van der Waals surface area contributed by atoms with Gasteiger partial charge in [0.15, 0.2) is 11.4 Å². The minimum absolute atomic E-state index is 0.0623. The summed E-state index contributed by atoms with van der Waals surface area (Å²) in [5, 5.41) is 12.6. The van der Waals surface area contributed by atoms with Crippen LogP contribution in [0.2, 0.25) is 0 Å². The second kappa shape index (κ2) is 8.19. The Morgan fingerprint density at radius 3 is 2.58 bits per heavy atom. The molecule has 0 radical (unpaired) electrons. The number of carbonyl (C=O) groups is 1. The second-order valence-corrected chi connectivity index (χ2v) is 6.97. The quantitative estimate of drug-likeness (QED) is 0.483. The van der Waals surface area contributed by atoms with Crippen molar-refractivity contribution in [1.29, 1.82) is 0 Å². The smallest absolute Gasteiger partial charge is 0.416 e. The van der Waals surface area contributed by atoms with Crippen LogP contribution in [0.15, 0.2) is 60.1 Å². The van der Waals surface area contributed by atoms with Gasteiger partial charge >= 0.3 is 6.18 Å². The topological polar surface area (TPSA) is 81.9 Å². The largest absolute Gasteiger partial charge is 0.493 e. The molecule has 11 heteroatoms. The highest BCUT2D eigenvalue weighted by atomic mass is 32.1. The first kappa shape index (κ1) is 20.5. The van der Waals surface area contributed by atoms with Gasteiger partial charge < -0.3 is 10.1 Å². The number of amides is 1. The van der Waals surface area contributed by atoms with Crippen molar-refractivity contribution in [3.63, 3.8) is 0 Å². The number of benzene rings is 2. The molecule has 158 valence electrons. The Balaban J connectivity index is 1.57. The Labute approximate surface area is 178 Å². The molecule has 7 nitrogen and oxygen atoms in total. The molecule has 2 aromatic carbocycles. The number of anilines is 1. The normalized spacial score (nSPS) is 11.4. The molecule has 4 aromatic rings. The van der Waals surface area contributed by atoms with Crippen LogP contribution < -0.4 is 10.1 Å². The van der Waals surface area contributed by atoms with Crippen molar-refractivity contribution in [3.8, 4) is 22.7 Å². The van der Waals surface area contributed by atoms with Crippen LogP contribution in [-0.4, -0.2) is 32.4 Å². The van der Waals surface area contributed by atoms with Gasteiger partial charge in [0.1, 0.15) is 5.69 Å². The first-order valence-electron chi connectivity index (χ1n) is 8.85. The maximum atomic E-state index is 13.0. The summed E-state index contributed by atoms with van der Waals surface area (Å²) >= 11 is 1.24. The van der Waals surface area contributed by atoms with E-state index in [-0.39, 0.29) is 17.1 Å². The Kier molecular flexibility index (Phi) is 5.42. The summed E-state index contributed by atoms with van der Waals surface area (Å²) in [6.45, 7) is 0. The van der Waals surface area contributed by atoms with Gasteiger partial charge in [-0.1, -0.05) is 22.7 Å². The van der Waals surface area contributed by atoms with Crippen LogP contribution in [0.3, 0.4) is 0 Å². The van der Waals surface area contributed by atoms with Crippen molar-refractivity contribution >= 4 is 23.1 Å². The van der Waals surface area contributed by atoms with E-state index in [1.807, 2.05) is 0 Å². The highest BCUT2D eigenvalue weighted by molar-refractivity contribution is 7.03. The maximum Gasteiger partial charge on any atom is 0.416 e. The zero-order valence-electron chi connectivity index (χ0n) is 15.9. The third-order valence-electron chi connectivity index (χ3n) is 4.35. The third kappa shape index (κ3) is 4.40. The molecule has 0 fully saturated rings. The predicted octanol–water partition coefficient (Wildman–Crippen LogP) is 4.67. The van der Waals surface area contributed by atoms with Gasteiger partial charge in [-0.15, -0.1) is 5.10 Å². The molecule has 0 aliphatic rings. The van der Waals surface area contributed by atoms with Gasteiger partial charge in [-0.05, 0) is 41.9 Å². The molecule has 1 N–H and O–H groups in total. The zero-order chi connectivity index (χ0) is 22.0. The van der Waals surface area contributed by atoms with E-state index in [1.54, 1.807) is 29.6 Å². The average molecular weight is 445 g/mol. The number of alkyl halides is 3. The number of halogens is 3. The molecule has 1 amide bonds. The molecule has 0 bridgehead atoms. The minimum Gasteiger partial charge on any atom is -0.493 e. The van der Waals surface area contributed by atoms with E-state index in [2.05, 4.69) is 20.0 Å². The summed E-state index contributed by atoms with van der Waals surface area (Å²) in [5.74, 6) is -0.439. The number of ether oxygens (including phenoxy) is 1. The molecular weight excluding hydrogens is 431 g/mol. The minimum atomic E-state index is -4.49. The van der Waals surface area contributed by atoms with Gasteiger partial charge in [-0.2, -0.15) is 18.3 Å². The second-order valence-electron chi connectivity index (χ2n) is 6.36. The molecular formula is C20H14F3N5O2S. The van der Waals surface area contributed by atoms with Gasteiger partial charge in [-0.3, -0.25) is 4.79 Å². The van der Waals surface area contributed by atoms with E-state index in [0.717, 1.165) is 23.4 Å². The van der Waals surface area contributed by atoms with Gasteiger partial charge in [0, 0.05) is 16.6 Å². The summed E-state index contributed by atoms with van der Waals surface area (Å²) in [6.07, 6.45) is -3.14. The number of hydrogen-bond acceptors (Lipinski definition) is 6. The number of nitrogens with zero attached hydrogens (tertiary/aromatic N) is 4. The zero-order valence-corrected chi connectivity index (χ0v) is 16.7. The van der Waals surface area contributed by atoms with Crippen molar-refractivity contribution in [2.75, 3.05) is 12.4 Å². The first-order chi connectivity index (χ1) is 14.8. The van der Waals surface area contributed by atoms with Crippen LogP contribution in [-0.2, 0) is 6.18 Å². The van der Waals surface area contributed by atoms with Crippen LogP contribution in [0.1, 0.15) is 16.1 Å². The number of aromatic nitrogens is 4. The molecule has 31 heavy (non-hydrogen) atoms. The summed E-state index contributed by atoms with van der Waals surface area (Å²) < 4.78 is 49.2. The van der Waals surface area contributed by atoms with Gasteiger partial charge in [0.2, 0.25) is 0 Å². The molecule has 0 aliphatic heterocycles. The summed E-state index contributed by atoms with van der Waals surface area (Å²) in [4.78, 5) is 12.7. The highest BCUT2D eigenvalue weighted by Gasteiger charge is 2.30. The van der Waals surface area contributed by atoms with Gasteiger partial charge in [0.25, 0.3) is 5.91 Å². The molecule has 2 aromatic heterocycles. The fourth-order valence-corrected chi connectivity index (χ4v) is 3.29. The Morgan fingerprint density at radius 1 is 1.16 bits per heavy atom. The lowest BCUT2D eigenvalue weighted by molar-refractivity contribution is -0.137. The Bertz CT molecular complexity index is 1200. The predicted molar refractivity (Wildman–Crippen MR) is 108 cm³/mol. The first-order valence-corrected chi connectivity index (χ1v) is 9.69. The molecule has 0 saturated carbocycles. The van der Waals surface area contributed by atoms with Crippen molar-refractivity contribution in [2.24, 2.45) is 0 Å². The molecule has 0 saturated heterocycles. The third-order valence-corrected chi connectivity index (χ3v) is 4.86. The van der Waals surface area contributed by atoms with Crippen molar-refractivity contribution in [2.45, 2.75) is 6.18 Å². The summed E-state index contributed by atoms with van der Waals surface area (Å²) in [6, 6.07) is 11.6. The van der Waals surface area contributed by atoms with E-state index in [4.69, 9.17) is 4.74 Å². The van der Waals surface area contributed by atoms with Crippen LogP contribution in [0, 0.1) is 0 Å². The molecule has 0 atom stereocenters. The molecule has 0 unspecified atom stereocenters. The van der Waals surface area contributed by atoms with E-state index in [1.165, 1.54) is 41.7 Å². The van der Waals surface area contributed by atoms with Crippen LogP contribution in [0.5, 0.6) is 5.75 Å². The van der Waals surface area contributed by atoms with Gasteiger partial charge in [0.05, 0.1) is 24.6 Å². The Hall–Kier alpha value is -3.73. The van der Waals surface area contributed by atoms with E-state index >= 15 is 0 Å². The maximum absolute atomic E-state index is 13.0. The number of hydrogen-bond donors (Lipinski definition) is 1. The van der Waals surface area contributed by atoms with Crippen molar-refractivity contribution < 1.29 is 22.7 Å². The van der Waals surface area contributed by atoms with E-state index in [0.29, 0.717) is 5.69 Å². The van der Waals surface area contributed by atoms with E-state index < -0.39 is 17.6 Å². The summed E-state index contributed by atoms with van der Waals surface area (Å²) in [5.41, 5.74) is 1.34. The standard InChI is InChI=1S/C20H14F3N5O2S/c1-30-17-10-28(15-4-2-3-13(9-15)20(21,22)23)26-18(17)19(29)24-14-7-5-12(6-8-14)16-11-31-27-25-16/h2-11H,1H3,(H,24,29). The number of methoxy groups -OCH3 is 1. The fraction of sp³-hybridized carbons (Fsp3) is 0.100. The molecule has 0 spiro atoms. The van der Waals surface area contributed by atoms with Crippen molar-refractivity contribution in [3.05, 3.63) is 71.4 Å². The number of carbonyl (C=O) groups excluding carboxylic acids is 1. The van der Waals surface area contributed by atoms with Crippen LogP contribution >= 0.6 is 11.5 Å². The number of nitrogens with one attached hydrogen (secondary N) is 1. The lowest BCUT2D eigenvalue weighted by Crippen LogP contribution is -2.14. The molecule has 2 heterocycles. The monoisotopic (exact) mass is 445 g/mol. The molecule has 0 aliphatic carbocycles. The average Bonchev–Trinajstić information content (AvgIpc) is 3.44.